The molecule has 1 amide bonds. The zero-order valence-corrected chi connectivity index (χ0v) is 13.9. The summed E-state index contributed by atoms with van der Waals surface area (Å²) in [5.41, 5.74) is 1.82. The number of hydrogen-bond acceptors (Lipinski definition) is 2. The molecule has 26 heavy (non-hydrogen) atoms. The summed E-state index contributed by atoms with van der Waals surface area (Å²) in [5.74, 6) is 5.01. The van der Waals surface area contributed by atoms with Crippen molar-refractivity contribution in [3.63, 3.8) is 0 Å². The van der Waals surface area contributed by atoms with E-state index in [9.17, 15) is 18.0 Å². The normalized spacial score (nSPS) is 13.6. The maximum absolute atomic E-state index is 12.9. The van der Waals surface area contributed by atoms with Crippen LogP contribution in [-0.2, 0) is 6.42 Å². The SMILES string of the molecule is O=C1c2ccccc2NB(C#CCCc2ccccc2)N1CC(F)(F)F. The van der Waals surface area contributed by atoms with Gasteiger partial charge in [0.1, 0.15) is 6.54 Å². The summed E-state index contributed by atoms with van der Waals surface area (Å²) in [6.07, 6.45) is -3.30. The summed E-state index contributed by atoms with van der Waals surface area (Å²) in [6, 6.07) is 16.2. The number of carbonyl (C=O) groups is 1. The van der Waals surface area contributed by atoms with Crippen LogP contribution in [0.5, 0.6) is 0 Å². The molecule has 0 aromatic heterocycles. The van der Waals surface area contributed by atoms with Crippen molar-refractivity contribution < 1.29 is 18.0 Å². The molecule has 7 heteroatoms. The van der Waals surface area contributed by atoms with E-state index in [2.05, 4.69) is 17.0 Å². The smallest absolute Gasteiger partial charge is 0.397 e. The Labute approximate surface area is 150 Å². The predicted molar refractivity (Wildman–Crippen MR) is 95.4 cm³/mol. The number of nitrogens with zero attached hydrogens (tertiary/aromatic N) is 1. The van der Waals surface area contributed by atoms with Crippen LogP contribution in [0.25, 0.3) is 0 Å². The van der Waals surface area contributed by atoms with E-state index in [4.69, 9.17) is 0 Å². The van der Waals surface area contributed by atoms with Gasteiger partial charge < -0.3 is 10.0 Å². The summed E-state index contributed by atoms with van der Waals surface area (Å²) < 4.78 is 38.7. The van der Waals surface area contributed by atoms with Crippen LogP contribution in [0, 0.1) is 11.7 Å². The Bertz CT molecular complexity index is 843. The molecule has 0 atom stereocenters. The lowest BCUT2D eigenvalue weighted by molar-refractivity contribution is -0.133. The molecule has 1 N–H and O–H groups in total. The van der Waals surface area contributed by atoms with Crippen molar-refractivity contribution in [2.45, 2.75) is 19.0 Å². The van der Waals surface area contributed by atoms with Crippen LogP contribution in [0.4, 0.5) is 18.9 Å². The molecule has 2 aromatic rings. The van der Waals surface area contributed by atoms with Gasteiger partial charge in [0.05, 0.1) is 5.56 Å². The first kappa shape index (κ1) is 17.9. The van der Waals surface area contributed by atoms with Gasteiger partial charge in [0, 0.05) is 12.1 Å². The van der Waals surface area contributed by atoms with E-state index in [1.165, 1.54) is 6.07 Å². The lowest BCUT2D eigenvalue weighted by atomic mass is 9.71. The van der Waals surface area contributed by atoms with Gasteiger partial charge in [0.15, 0.2) is 0 Å². The van der Waals surface area contributed by atoms with Crippen LogP contribution in [0.2, 0.25) is 0 Å². The second-order valence-corrected chi connectivity index (χ2v) is 5.95. The second kappa shape index (κ2) is 7.57. The molecule has 0 saturated carbocycles. The van der Waals surface area contributed by atoms with E-state index in [-0.39, 0.29) is 5.56 Å². The molecule has 1 aliphatic rings. The Balaban J connectivity index is 1.77. The third kappa shape index (κ3) is 4.39. The zero-order valence-electron chi connectivity index (χ0n) is 13.9. The fourth-order valence-corrected chi connectivity index (χ4v) is 2.78. The topological polar surface area (TPSA) is 32.3 Å². The molecule has 0 unspecified atom stereocenters. The van der Waals surface area contributed by atoms with Gasteiger partial charge in [-0.05, 0) is 24.1 Å². The van der Waals surface area contributed by atoms with Crippen LogP contribution in [0.15, 0.2) is 54.6 Å². The monoisotopic (exact) mass is 356 g/mol. The number of halogens is 3. The molecule has 1 heterocycles. The summed E-state index contributed by atoms with van der Waals surface area (Å²) in [4.78, 5) is 13.2. The molecule has 1 aliphatic heterocycles. The number of benzene rings is 2. The molecule has 3 nitrogen and oxygen atoms in total. The maximum Gasteiger partial charge on any atom is 0.465 e. The van der Waals surface area contributed by atoms with Crippen LogP contribution in [0.1, 0.15) is 22.3 Å². The summed E-state index contributed by atoms with van der Waals surface area (Å²) in [6.45, 7) is -2.35. The van der Waals surface area contributed by atoms with Crippen molar-refractivity contribution in [2.75, 3.05) is 11.8 Å². The highest BCUT2D eigenvalue weighted by Crippen LogP contribution is 2.26. The average Bonchev–Trinajstić information content (AvgIpc) is 2.62. The molecule has 2 aromatic carbocycles. The van der Waals surface area contributed by atoms with Crippen molar-refractivity contribution in [3.8, 4) is 11.7 Å². The number of nitrogens with one attached hydrogen (secondary N) is 1. The third-order valence-corrected chi connectivity index (χ3v) is 3.99. The van der Waals surface area contributed by atoms with Crippen LogP contribution >= 0.6 is 0 Å². The highest BCUT2D eigenvalue weighted by Gasteiger charge is 2.42. The van der Waals surface area contributed by atoms with Crippen LogP contribution in [-0.4, -0.2) is 30.4 Å². The molecule has 0 aliphatic carbocycles. The van der Waals surface area contributed by atoms with E-state index in [0.29, 0.717) is 18.5 Å². The first-order valence-electron chi connectivity index (χ1n) is 8.20. The Morgan fingerprint density at radius 1 is 1.04 bits per heavy atom. The number of alkyl halides is 3. The van der Waals surface area contributed by atoms with Gasteiger partial charge in [-0.1, -0.05) is 48.3 Å². The van der Waals surface area contributed by atoms with E-state index in [0.717, 1.165) is 10.4 Å². The first-order valence-corrected chi connectivity index (χ1v) is 8.20. The number of hydrogen-bond donors (Lipinski definition) is 1. The van der Waals surface area contributed by atoms with Gasteiger partial charge in [-0.25, -0.2) is 0 Å². The van der Waals surface area contributed by atoms with Crippen molar-refractivity contribution in [2.24, 2.45) is 0 Å². The summed E-state index contributed by atoms with van der Waals surface area (Å²) in [7, 11) is 0. The van der Waals surface area contributed by atoms with Gasteiger partial charge in [-0.3, -0.25) is 4.79 Å². The molecular formula is C19H16BF3N2O. The molecule has 0 spiro atoms. The Hall–Kier alpha value is -2.88. The number of rotatable bonds is 3. The van der Waals surface area contributed by atoms with Crippen molar-refractivity contribution in [1.82, 2.24) is 4.81 Å². The number of amides is 1. The predicted octanol–water partition coefficient (Wildman–Crippen LogP) is 3.78. The zero-order chi connectivity index (χ0) is 18.6. The average molecular weight is 356 g/mol. The van der Waals surface area contributed by atoms with E-state index in [1.54, 1.807) is 18.2 Å². The fourth-order valence-electron chi connectivity index (χ4n) is 2.78. The highest BCUT2D eigenvalue weighted by molar-refractivity contribution is 6.72. The second-order valence-electron chi connectivity index (χ2n) is 5.95. The molecule has 132 valence electrons. The Morgan fingerprint density at radius 2 is 1.73 bits per heavy atom. The molecule has 0 radical (unpaired) electrons. The number of aryl methyl sites for hydroxylation is 1. The minimum atomic E-state index is -4.49. The van der Waals surface area contributed by atoms with Gasteiger partial charge in [-0.2, -0.15) is 13.2 Å². The fraction of sp³-hybridized carbons (Fsp3) is 0.211. The number of para-hydroxylation sites is 1. The van der Waals surface area contributed by atoms with Gasteiger partial charge in [0.25, 0.3) is 0 Å². The lowest BCUT2D eigenvalue weighted by Gasteiger charge is -2.33. The molecular weight excluding hydrogens is 340 g/mol. The highest BCUT2D eigenvalue weighted by atomic mass is 19.4. The summed E-state index contributed by atoms with van der Waals surface area (Å²) >= 11 is 0. The maximum atomic E-state index is 12.9. The van der Waals surface area contributed by atoms with E-state index < -0.39 is 25.6 Å². The lowest BCUT2D eigenvalue weighted by Crippen LogP contribution is -2.55. The quantitative estimate of drug-likeness (QED) is 0.671. The van der Waals surface area contributed by atoms with Crippen molar-refractivity contribution in [1.29, 1.82) is 0 Å². The third-order valence-electron chi connectivity index (χ3n) is 3.99. The first-order chi connectivity index (χ1) is 12.4. The van der Waals surface area contributed by atoms with E-state index in [1.807, 2.05) is 30.3 Å². The van der Waals surface area contributed by atoms with E-state index >= 15 is 0 Å². The Morgan fingerprint density at radius 3 is 2.46 bits per heavy atom. The van der Waals surface area contributed by atoms with Crippen molar-refractivity contribution >= 4 is 18.6 Å². The van der Waals surface area contributed by atoms with Crippen LogP contribution in [0.3, 0.4) is 0 Å². The minimum Gasteiger partial charge on any atom is -0.397 e. The Kier molecular flexibility index (Phi) is 5.22. The molecule has 0 bridgehead atoms. The van der Waals surface area contributed by atoms with Gasteiger partial charge in [-0.15, -0.1) is 5.92 Å². The molecule has 3 rings (SSSR count). The largest absolute Gasteiger partial charge is 0.465 e. The summed E-state index contributed by atoms with van der Waals surface area (Å²) in [5, 5.41) is 2.93. The van der Waals surface area contributed by atoms with Crippen LogP contribution < -0.4 is 5.23 Å². The number of anilines is 1. The van der Waals surface area contributed by atoms with Crippen molar-refractivity contribution in [3.05, 3.63) is 65.7 Å². The number of carbonyl (C=O) groups excluding carboxylic acids is 1. The molecule has 0 saturated heterocycles. The van der Waals surface area contributed by atoms with Gasteiger partial charge >= 0.3 is 13.2 Å². The number of fused-ring (bicyclic) bond motifs is 1. The van der Waals surface area contributed by atoms with Gasteiger partial charge in [0.2, 0.25) is 5.91 Å². The standard InChI is InChI=1S/C19H16BF3N2O/c21-19(22,23)14-25-18(26)16-11-4-5-12-17(16)24-20(25)13-7-6-10-15-8-2-1-3-9-15/h1-5,8-9,11-12,24H,6,10,14H2. The minimum absolute atomic E-state index is 0.221. The molecule has 0 fully saturated rings.